The van der Waals surface area contributed by atoms with Gasteiger partial charge in [-0.05, 0) is 42.3 Å². The van der Waals surface area contributed by atoms with Gasteiger partial charge in [0.15, 0.2) is 0 Å². The molecule has 9 heteroatoms. The van der Waals surface area contributed by atoms with Crippen molar-refractivity contribution >= 4 is 16.9 Å². The van der Waals surface area contributed by atoms with Crippen LogP contribution in [0.3, 0.4) is 0 Å². The number of halogens is 2. The highest BCUT2D eigenvalue weighted by Crippen LogP contribution is 2.33. The van der Waals surface area contributed by atoms with Gasteiger partial charge in [-0.2, -0.15) is 10.1 Å². The molecule has 2 aromatic carbocycles. The molecule has 0 aliphatic carbocycles. The van der Waals surface area contributed by atoms with E-state index < -0.39 is 0 Å². The second-order valence-corrected chi connectivity index (χ2v) is 8.83. The lowest BCUT2D eigenvalue weighted by atomic mass is 9.95. The molecule has 0 bridgehead atoms. The minimum Gasteiger partial charge on any atom is -0.351 e. The Morgan fingerprint density at radius 2 is 1.50 bits per heavy atom. The third-order valence-electron chi connectivity index (χ3n) is 6.62. The Bertz CT molecular complexity index is 1350. The summed E-state index contributed by atoms with van der Waals surface area (Å²) >= 11 is 0. The average molecular weight is 493 g/mol. The largest absolute Gasteiger partial charge is 0.351 e. The minimum atomic E-state index is -0.323. The second-order valence-electron chi connectivity index (χ2n) is 8.83. The monoisotopic (exact) mass is 492 g/mol. The van der Waals surface area contributed by atoms with E-state index in [-0.39, 0.29) is 29.4 Å². The summed E-state index contributed by atoms with van der Waals surface area (Å²) in [6.45, 7) is 10.1. The van der Waals surface area contributed by atoms with Crippen molar-refractivity contribution in [3.05, 3.63) is 101 Å². The Kier molecular flexibility index (Phi) is 7.30. The molecule has 0 saturated carbocycles. The van der Waals surface area contributed by atoms with Gasteiger partial charge >= 0.3 is 5.69 Å². The van der Waals surface area contributed by atoms with E-state index in [1.54, 1.807) is 42.2 Å². The molecular weight excluding hydrogens is 462 g/mol. The summed E-state index contributed by atoms with van der Waals surface area (Å²) in [4.78, 5) is 21.4. The fraction of sp³-hybridized carbons (Fsp3) is 0.296. The van der Waals surface area contributed by atoms with E-state index in [9.17, 15) is 13.6 Å². The van der Waals surface area contributed by atoms with Gasteiger partial charge in [-0.1, -0.05) is 24.3 Å². The number of aryl methyl sites for hydroxylation is 2. The van der Waals surface area contributed by atoms with Crippen molar-refractivity contribution < 1.29 is 8.78 Å². The summed E-state index contributed by atoms with van der Waals surface area (Å²) in [6.07, 6.45) is 1.75. The number of nitrogens with zero attached hydrogens (tertiary/aromatic N) is 6. The van der Waals surface area contributed by atoms with Crippen molar-refractivity contribution in [2.45, 2.75) is 19.0 Å². The molecule has 0 amide bonds. The van der Waals surface area contributed by atoms with Crippen molar-refractivity contribution in [2.75, 3.05) is 24.5 Å². The SMILES string of the molecule is C=C.C[C@H]1CN(C(c2ccc(F)cc2)c2ccc(F)cc2)CCN1c1nc(=O)n(C)c2c1cnn2C. The Balaban J connectivity index is 0.00000148. The highest BCUT2D eigenvalue weighted by atomic mass is 19.1. The third kappa shape index (κ3) is 4.66. The van der Waals surface area contributed by atoms with Crippen LogP contribution >= 0.6 is 0 Å². The maximum absolute atomic E-state index is 13.6. The lowest BCUT2D eigenvalue weighted by Crippen LogP contribution is -2.53. The lowest BCUT2D eigenvalue weighted by Gasteiger charge is -2.44. The van der Waals surface area contributed by atoms with Gasteiger partial charge in [0.25, 0.3) is 0 Å². The first-order valence-electron chi connectivity index (χ1n) is 11.7. The molecule has 0 spiro atoms. The van der Waals surface area contributed by atoms with Crippen LogP contribution in [0.25, 0.3) is 11.0 Å². The zero-order valence-corrected chi connectivity index (χ0v) is 20.7. The van der Waals surface area contributed by atoms with E-state index in [1.165, 1.54) is 28.8 Å². The van der Waals surface area contributed by atoms with Crippen LogP contribution in [0, 0.1) is 11.6 Å². The van der Waals surface area contributed by atoms with Gasteiger partial charge in [-0.3, -0.25) is 14.1 Å². The van der Waals surface area contributed by atoms with Crippen LogP contribution in [-0.4, -0.2) is 49.9 Å². The zero-order chi connectivity index (χ0) is 26.0. The molecular formula is C27H30F2N6O. The van der Waals surface area contributed by atoms with E-state index in [0.717, 1.165) is 22.2 Å². The first-order chi connectivity index (χ1) is 17.3. The summed E-state index contributed by atoms with van der Waals surface area (Å²) < 4.78 is 30.4. The lowest BCUT2D eigenvalue weighted by molar-refractivity contribution is 0.187. The Labute approximate surface area is 208 Å². The van der Waals surface area contributed by atoms with Crippen molar-refractivity contribution in [2.24, 2.45) is 14.1 Å². The summed E-state index contributed by atoms with van der Waals surface area (Å²) in [7, 11) is 3.50. The summed E-state index contributed by atoms with van der Waals surface area (Å²) in [5.74, 6) is 0.0486. The van der Waals surface area contributed by atoms with Gasteiger partial charge in [-0.25, -0.2) is 13.6 Å². The highest BCUT2D eigenvalue weighted by Gasteiger charge is 2.32. The number of piperazine rings is 1. The topological polar surface area (TPSA) is 59.2 Å². The smallest absolute Gasteiger partial charge is 0.350 e. The second kappa shape index (κ2) is 10.4. The van der Waals surface area contributed by atoms with Crippen molar-refractivity contribution in [3.63, 3.8) is 0 Å². The molecule has 0 radical (unpaired) electrons. The fourth-order valence-electron chi connectivity index (χ4n) is 4.96. The van der Waals surface area contributed by atoms with E-state index in [2.05, 4.69) is 40.0 Å². The van der Waals surface area contributed by atoms with E-state index >= 15 is 0 Å². The standard InChI is InChI=1S/C25H26F2N6O.C2H4/c1-16-15-32(22(17-4-8-19(26)9-5-17)18-6-10-20(27)11-7-18)12-13-33(16)23-21-14-28-31(3)24(21)30(2)25(34)29-23;1-2/h4-11,14,16,22H,12-13,15H2,1-3H3;1-2H2/t16-;/m0./s1. The maximum Gasteiger partial charge on any atom is 0.350 e. The highest BCUT2D eigenvalue weighted by molar-refractivity contribution is 5.87. The van der Waals surface area contributed by atoms with E-state index in [4.69, 9.17) is 0 Å². The molecule has 3 heterocycles. The Morgan fingerprint density at radius 3 is 2.03 bits per heavy atom. The van der Waals surface area contributed by atoms with Gasteiger partial charge in [0, 0.05) is 39.8 Å². The van der Waals surface area contributed by atoms with Gasteiger partial charge in [0.05, 0.1) is 17.6 Å². The molecule has 1 fully saturated rings. The number of benzene rings is 2. The number of hydrogen-bond donors (Lipinski definition) is 0. The first-order valence-corrected chi connectivity index (χ1v) is 11.7. The van der Waals surface area contributed by atoms with Gasteiger partial charge in [0.2, 0.25) is 0 Å². The van der Waals surface area contributed by atoms with Crippen LogP contribution in [0.15, 0.2) is 72.7 Å². The number of hydrogen-bond acceptors (Lipinski definition) is 5. The summed E-state index contributed by atoms with van der Waals surface area (Å²) in [6, 6.07) is 12.8. The molecule has 2 aromatic heterocycles. The fourth-order valence-corrected chi connectivity index (χ4v) is 4.96. The van der Waals surface area contributed by atoms with E-state index in [0.29, 0.717) is 25.5 Å². The summed E-state index contributed by atoms with van der Waals surface area (Å²) in [5, 5.41) is 5.17. The van der Waals surface area contributed by atoms with Crippen LogP contribution in [0.2, 0.25) is 0 Å². The molecule has 188 valence electrons. The number of fused-ring (bicyclic) bond motifs is 1. The van der Waals surface area contributed by atoms with Crippen LogP contribution in [0.1, 0.15) is 24.1 Å². The molecule has 0 unspecified atom stereocenters. The van der Waals surface area contributed by atoms with Crippen LogP contribution < -0.4 is 10.6 Å². The van der Waals surface area contributed by atoms with Crippen molar-refractivity contribution in [1.29, 1.82) is 0 Å². The van der Waals surface area contributed by atoms with Crippen LogP contribution in [-0.2, 0) is 14.1 Å². The van der Waals surface area contributed by atoms with E-state index in [1.807, 2.05) is 7.05 Å². The minimum absolute atomic E-state index is 0.0418. The average Bonchev–Trinajstić information content (AvgIpc) is 3.27. The normalized spacial score (nSPS) is 16.3. The molecule has 1 atom stereocenters. The quantitative estimate of drug-likeness (QED) is 0.403. The molecule has 0 N–H and O–H groups in total. The van der Waals surface area contributed by atoms with Gasteiger partial charge in [-0.15, -0.1) is 13.2 Å². The molecule has 36 heavy (non-hydrogen) atoms. The number of rotatable bonds is 4. The van der Waals surface area contributed by atoms with Gasteiger partial charge < -0.3 is 4.90 Å². The first kappa shape index (κ1) is 25.2. The Hall–Kier alpha value is -3.85. The molecule has 1 saturated heterocycles. The predicted octanol–water partition coefficient (Wildman–Crippen LogP) is 4.05. The van der Waals surface area contributed by atoms with Crippen molar-refractivity contribution in [1.82, 2.24) is 24.2 Å². The number of anilines is 1. The molecule has 4 aromatic rings. The third-order valence-corrected chi connectivity index (χ3v) is 6.62. The molecule has 5 rings (SSSR count). The molecule has 7 nitrogen and oxygen atoms in total. The zero-order valence-electron chi connectivity index (χ0n) is 20.7. The summed E-state index contributed by atoms with van der Waals surface area (Å²) in [5.41, 5.74) is 2.28. The Morgan fingerprint density at radius 1 is 0.944 bits per heavy atom. The van der Waals surface area contributed by atoms with Crippen molar-refractivity contribution in [3.8, 4) is 0 Å². The van der Waals surface area contributed by atoms with Crippen LogP contribution in [0.4, 0.5) is 14.6 Å². The van der Waals surface area contributed by atoms with Gasteiger partial charge in [0.1, 0.15) is 23.1 Å². The molecule has 1 aliphatic rings. The maximum atomic E-state index is 13.6. The molecule has 1 aliphatic heterocycles. The predicted molar refractivity (Wildman–Crippen MR) is 138 cm³/mol. The number of aromatic nitrogens is 4. The van der Waals surface area contributed by atoms with Crippen LogP contribution in [0.5, 0.6) is 0 Å².